The fourth-order valence-corrected chi connectivity index (χ4v) is 4.56. The summed E-state index contributed by atoms with van der Waals surface area (Å²) in [5.74, 6) is 1.37. The molecule has 0 aliphatic carbocycles. The first-order valence-electron chi connectivity index (χ1n) is 8.95. The SMILES string of the molecule is COc1cc2c(cc1OC)[C@H]1Cc3c([nH]c4cc(F)ccc34)CN1CC2. The quantitative estimate of drug-likeness (QED) is 0.758. The Morgan fingerprint density at radius 3 is 2.73 bits per heavy atom. The Balaban J connectivity index is 1.61. The largest absolute Gasteiger partial charge is 0.493 e. The van der Waals surface area contributed by atoms with Gasteiger partial charge in [0.2, 0.25) is 0 Å². The maximum Gasteiger partial charge on any atom is 0.161 e. The maximum atomic E-state index is 13.6. The Kier molecular flexibility index (Phi) is 3.47. The summed E-state index contributed by atoms with van der Waals surface area (Å²) in [6.07, 6.45) is 1.92. The van der Waals surface area contributed by atoms with Crippen LogP contribution in [0.25, 0.3) is 10.9 Å². The van der Waals surface area contributed by atoms with Crippen molar-refractivity contribution in [3.63, 3.8) is 0 Å². The molecule has 3 aromatic rings. The Morgan fingerprint density at radius 1 is 1.12 bits per heavy atom. The first kappa shape index (κ1) is 15.7. The number of aromatic nitrogens is 1. The lowest BCUT2D eigenvalue weighted by atomic mass is 9.85. The van der Waals surface area contributed by atoms with Crippen LogP contribution < -0.4 is 9.47 Å². The van der Waals surface area contributed by atoms with Gasteiger partial charge in [-0.1, -0.05) is 0 Å². The van der Waals surface area contributed by atoms with Gasteiger partial charge in [-0.3, -0.25) is 4.90 Å². The number of H-pyrrole nitrogens is 1. The predicted molar refractivity (Wildman–Crippen MR) is 98.4 cm³/mol. The van der Waals surface area contributed by atoms with Crippen molar-refractivity contribution in [1.82, 2.24) is 9.88 Å². The highest BCUT2D eigenvalue weighted by molar-refractivity contribution is 5.85. The number of nitrogens with zero attached hydrogens (tertiary/aromatic N) is 1. The summed E-state index contributed by atoms with van der Waals surface area (Å²) in [6, 6.07) is 9.60. The van der Waals surface area contributed by atoms with Gasteiger partial charge in [-0.2, -0.15) is 0 Å². The zero-order chi connectivity index (χ0) is 17.8. The minimum absolute atomic E-state index is 0.198. The third-order valence-electron chi connectivity index (χ3n) is 5.83. The number of benzene rings is 2. The molecule has 0 spiro atoms. The molecule has 134 valence electrons. The van der Waals surface area contributed by atoms with Crippen LogP contribution in [0.4, 0.5) is 4.39 Å². The minimum Gasteiger partial charge on any atom is -0.493 e. The van der Waals surface area contributed by atoms with E-state index in [-0.39, 0.29) is 5.82 Å². The van der Waals surface area contributed by atoms with Crippen LogP contribution in [0.3, 0.4) is 0 Å². The van der Waals surface area contributed by atoms with Crippen LogP contribution in [0.1, 0.15) is 28.4 Å². The summed E-state index contributed by atoms with van der Waals surface area (Å²) in [6.45, 7) is 1.88. The summed E-state index contributed by atoms with van der Waals surface area (Å²) < 4.78 is 24.6. The Hall–Kier alpha value is -2.53. The van der Waals surface area contributed by atoms with E-state index in [2.05, 4.69) is 22.0 Å². The molecule has 0 fully saturated rings. The van der Waals surface area contributed by atoms with Gasteiger partial charge >= 0.3 is 0 Å². The first-order chi connectivity index (χ1) is 12.7. The number of halogens is 1. The molecule has 3 heterocycles. The van der Waals surface area contributed by atoms with E-state index in [4.69, 9.17) is 9.47 Å². The Morgan fingerprint density at radius 2 is 1.92 bits per heavy atom. The zero-order valence-electron chi connectivity index (χ0n) is 14.9. The van der Waals surface area contributed by atoms with Gasteiger partial charge in [-0.05, 0) is 59.9 Å². The molecule has 5 heteroatoms. The average Bonchev–Trinajstić information content (AvgIpc) is 3.01. The van der Waals surface area contributed by atoms with Crippen LogP contribution >= 0.6 is 0 Å². The molecule has 4 nitrogen and oxygen atoms in total. The van der Waals surface area contributed by atoms with E-state index < -0.39 is 0 Å². The highest BCUT2D eigenvalue weighted by Gasteiger charge is 2.34. The number of hydrogen-bond acceptors (Lipinski definition) is 3. The van der Waals surface area contributed by atoms with E-state index in [1.807, 2.05) is 6.07 Å². The highest BCUT2D eigenvalue weighted by atomic mass is 19.1. The second kappa shape index (κ2) is 5.74. The number of nitrogens with one attached hydrogen (secondary N) is 1. The van der Waals surface area contributed by atoms with Crippen molar-refractivity contribution >= 4 is 10.9 Å². The topological polar surface area (TPSA) is 37.5 Å². The Labute approximate surface area is 151 Å². The lowest BCUT2D eigenvalue weighted by Gasteiger charge is -2.40. The van der Waals surface area contributed by atoms with Gasteiger partial charge in [0.1, 0.15) is 5.82 Å². The van der Waals surface area contributed by atoms with Crippen molar-refractivity contribution in [2.24, 2.45) is 0 Å². The lowest BCUT2D eigenvalue weighted by molar-refractivity contribution is 0.159. The third kappa shape index (κ3) is 2.23. The third-order valence-corrected chi connectivity index (χ3v) is 5.83. The average molecular weight is 352 g/mol. The van der Waals surface area contributed by atoms with Crippen LogP contribution in [0.2, 0.25) is 0 Å². The van der Waals surface area contributed by atoms with Gasteiger partial charge in [0.15, 0.2) is 11.5 Å². The van der Waals surface area contributed by atoms with E-state index >= 15 is 0 Å². The fraction of sp³-hybridized carbons (Fsp3) is 0.333. The molecule has 0 radical (unpaired) electrons. The van der Waals surface area contributed by atoms with Gasteiger partial charge in [0.25, 0.3) is 0 Å². The van der Waals surface area contributed by atoms with E-state index in [9.17, 15) is 4.39 Å². The van der Waals surface area contributed by atoms with Crippen molar-refractivity contribution in [3.8, 4) is 11.5 Å². The molecule has 1 N–H and O–H groups in total. The van der Waals surface area contributed by atoms with Gasteiger partial charge in [-0.15, -0.1) is 0 Å². The van der Waals surface area contributed by atoms with Crippen LogP contribution in [-0.2, 0) is 19.4 Å². The lowest BCUT2D eigenvalue weighted by Crippen LogP contribution is -2.39. The van der Waals surface area contributed by atoms with Gasteiger partial charge in [0, 0.05) is 35.7 Å². The monoisotopic (exact) mass is 352 g/mol. The molecular formula is C21H21FN2O2. The minimum atomic E-state index is -0.198. The molecule has 1 aromatic heterocycles. The molecule has 0 saturated heterocycles. The standard InChI is InChI=1S/C21H21FN2O2/c1-25-20-7-12-5-6-24-11-18-16(9-19(24)15(12)10-21(20)26-2)14-4-3-13(22)8-17(14)23-18/h3-4,7-8,10,19,23H,5-6,9,11H2,1-2H3/t19-/m1/s1. The number of hydrogen-bond donors (Lipinski definition) is 1. The molecule has 0 amide bonds. The van der Waals surface area contributed by atoms with E-state index in [0.717, 1.165) is 48.3 Å². The fourth-order valence-electron chi connectivity index (χ4n) is 4.56. The van der Waals surface area contributed by atoms with Crippen molar-refractivity contribution in [1.29, 1.82) is 0 Å². The molecular weight excluding hydrogens is 331 g/mol. The summed E-state index contributed by atoms with van der Waals surface area (Å²) in [5.41, 5.74) is 6.06. The summed E-state index contributed by atoms with van der Waals surface area (Å²) in [7, 11) is 3.36. The van der Waals surface area contributed by atoms with Crippen LogP contribution in [0.5, 0.6) is 11.5 Å². The number of aromatic amines is 1. The second-order valence-electron chi connectivity index (χ2n) is 7.12. The molecule has 0 unspecified atom stereocenters. The molecule has 5 rings (SSSR count). The van der Waals surface area contributed by atoms with E-state index in [1.165, 1.54) is 22.4 Å². The number of methoxy groups -OCH3 is 2. The summed E-state index contributed by atoms with van der Waals surface area (Å²) >= 11 is 0. The predicted octanol–water partition coefficient (Wildman–Crippen LogP) is 3.98. The number of fused-ring (bicyclic) bond motifs is 6. The molecule has 1 atom stereocenters. The first-order valence-corrected chi connectivity index (χ1v) is 8.95. The van der Waals surface area contributed by atoms with Crippen molar-refractivity contribution in [3.05, 3.63) is 58.5 Å². The molecule has 26 heavy (non-hydrogen) atoms. The van der Waals surface area contributed by atoms with Gasteiger partial charge < -0.3 is 14.5 Å². The number of rotatable bonds is 2. The Bertz CT molecular complexity index is 1010. The van der Waals surface area contributed by atoms with Crippen LogP contribution in [0.15, 0.2) is 30.3 Å². The summed E-state index contributed by atoms with van der Waals surface area (Å²) in [4.78, 5) is 5.93. The molecule has 0 bridgehead atoms. The number of ether oxygens (including phenoxy) is 2. The summed E-state index contributed by atoms with van der Waals surface area (Å²) in [5, 5.41) is 1.13. The maximum absolute atomic E-state index is 13.6. The van der Waals surface area contributed by atoms with E-state index in [0.29, 0.717) is 6.04 Å². The normalized spacial score (nSPS) is 19.0. The molecule has 2 aromatic carbocycles. The smallest absolute Gasteiger partial charge is 0.161 e. The van der Waals surface area contributed by atoms with Crippen molar-refractivity contribution in [2.75, 3.05) is 20.8 Å². The second-order valence-corrected chi connectivity index (χ2v) is 7.12. The molecule has 2 aliphatic heterocycles. The zero-order valence-corrected chi connectivity index (χ0v) is 14.9. The van der Waals surface area contributed by atoms with Gasteiger partial charge in [-0.25, -0.2) is 4.39 Å². The van der Waals surface area contributed by atoms with Crippen LogP contribution in [0, 0.1) is 5.82 Å². The molecule has 2 aliphatic rings. The van der Waals surface area contributed by atoms with Crippen LogP contribution in [-0.4, -0.2) is 30.6 Å². The van der Waals surface area contributed by atoms with Crippen molar-refractivity contribution < 1.29 is 13.9 Å². The van der Waals surface area contributed by atoms with Gasteiger partial charge in [0.05, 0.1) is 14.2 Å². The van der Waals surface area contributed by atoms with E-state index in [1.54, 1.807) is 26.4 Å². The highest BCUT2D eigenvalue weighted by Crippen LogP contribution is 2.43. The molecule has 0 saturated carbocycles. The van der Waals surface area contributed by atoms with Crippen molar-refractivity contribution in [2.45, 2.75) is 25.4 Å².